The van der Waals surface area contributed by atoms with Crippen LogP contribution in [0.15, 0.2) is 54.7 Å². The number of nitrogens with zero attached hydrogens (tertiary/aromatic N) is 5. The van der Waals surface area contributed by atoms with Crippen molar-refractivity contribution >= 4 is 23.4 Å². The third kappa shape index (κ3) is 4.92. The fraction of sp³-hybridized carbons (Fsp3) is 0.208. The van der Waals surface area contributed by atoms with E-state index in [2.05, 4.69) is 10.1 Å². The van der Waals surface area contributed by atoms with E-state index in [1.165, 1.54) is 27.6 Å². The summed E-state index contributed by atoms with van der Waals surface area (Å²) in [5, 5.41) is 16.5. The van der Waals surface area contributed by atoms with Crippen LogP contribution in [0, 0.1) is 22.9 Å². The fourth-order valence-electron chi connectivity index (χ4n) is 3.85. The van der Waals surface area contributed by atoms with Crippen LogP contribution in [0.1, 0.15) is 28.8 Å². The highest BCUT2D eigenvalue weighted by Gasteiger charge is 2.27. The van der Waals surface area contributed by atoms with E-state index in [-0.39, 0.29) is 31.1 Å². The predicted octanol–water partition coefficient (Wildman–Crippen LogP) is 5.16. The number of aryl methyl sites for hydroxylation is 1. The third-order valence-corrected chi connectivity index (χ3v) is 5.68. The molecule has 0 spiro atoms. The van der Waals surface area contributed by atoms with Crippen molar-refractivity contribution in [3.8, 4) is 16.9 Å². The normalized spacial score (nSPS) is 11.0. The molecule has 0 saturated carbocycles. The minimum absolute atomic E-state index is 0.0430. The number of aromatic nitrogens is 4. The highest BCUT2D eigenvalue weighted by molar-refractivity contribution is 6.30. The number of benzene rings is 2. The van der Waals surface area contributed by atoms with Gasteiger partial charge < -0.3 is 14.9 Å². The van der Waals surface area contributed by atoms with Crippen LogP contribution in [0.2, 0.25) is 5.02 Å². The van der Waals surface area contributed by atoms with Crippen molar-refractivity contribution in [1.82, 2.24) is 19.3 Å². The number of carbonyl (C=O) groups is 1. The molecule has 9 nitrogen and oxygen atoms in total. The number of hydrogen-bond donors (Lipinski definition) is 0. The van der Waals surface area contributed by atoms with Crippen LogP contribution in [-0.4, -0.2) is 36.8 Å². The lowest BCUT2D eigenvalue weighted by atomic mass is 10.0. The van der Waals surface area contributed by atoms with Crippen LogP contribution in [0.3, 0.4) is 0 Å². The first-order valence-electron chi connectivity index (χ1n) is 10.8. The van der Waals surface area contributed by atoms with Gasteiger partial charge >= 0.3 is 11.8 Å². The van der Waals surface area contributed by atoms with Crippen molar-refractivity contribution in [3.63, 3.8) is 0 Å². The maximum atomic E-state index is 14.2. The van der Waals surface area contributed by atoms with Crippen LogP contribution in [0.25, 0.3) is 16.9 Å². The summed E-state index contributed by atoms with van der Waals surface area (Å²) in [6, 6.07) is 12.7. The molecule has 4 rings (SSSR count). The number of halogens is 2. The molecule has 2 heterocycles. The molecule has 0 radical (unpaired) electrons. The first-order chi connectivity index (χ1) is 16.8. The van der Waals surface area contributed by atoms with Crippen molar-refractivity contribution in [1.29, 1.82) is 0 Å². The molecule has 0 atom stereocenters. The SMILES string of the molecule is CCOC(=O)c1nn(-c2ccc(Cl)cc2)c(-c2cccc(F)c2)c1CCn1c([N+](=O)[O-])cnc1C. The number of ether oxygens (including phenoxy) is 1. The largest absolute Gasteiger partial charge is 0.461 e. The molecule has 0 aliphatic heterocycles. The highest BCUT2D eigenvalue weighted by atomic mass is 35.5. The van der Waals surface area contributed by atoms with E-state index >= 15 is 0 Å². The van der Waals surface area contributed by atoms with Crippen molar-refractivity contribution in [3.05, 3.63) is 92.8 Å². The molecular formula is C24H21ClFN5O4. The number of imidazole rings is 1. The van der Waals surface area contributed by atoms with Crippen LogP contribution < -0.4 is 0 Å². The molecule has 2 aromatic carbocycles. The van der Waals surface area contributed by atoms with E-state index in [0.717, 1.165) is 0 Å². The Balaban J connectivity index is 1.91. The summed E-state index contributed by atoms with van der Waals surface area (Å²) in [6.45, 7) is 3.61. The predicted molar refractivity (Wildman–Crippen MR) is 127 cm³/mol. The molecule has 180 valence electrons. The van der Waals surface area contributed by atoms with Gasteiger partial charge in [-0.3, -0.25) is 0 Å². The average Bonchev–Trinajstić information content (AvgIpc) is 3.39. The lowest BCUT2D eigenvalue weighted by Crippen LogP contribution is -2.12. The molecule has 0 amide bonds. The molecule has 2 aromatic heterocycles. The van der Waals surface area contributed by atoms with Gasteiger partial charge in [0, 0.05) is 29.5 Å². The van der Waals surface area contributed by atoms with Gasteiger partial charge in [0.1, 0.15) is 12.0 Å². The second-order valence-electron chi connectivity index (χ2n) is 7.62. The van der Waals surface area contributed by atoms with Crippen molar-refractivity contribution in [2.24, 2.45) is 0 Å². The lowest BCUT2D eigenvalue weighted by molar-refractivity contribution is -0.392. The Hall–Kier alpha value is -4.05. The van der Waals surface area contributed by atoms with Crippen molar-refractivity contribution in [2.75, 3.05) is 6.61 Å². The summed E-state index contributed by atoms with van der Waals surface area (Å²) in [4.78, 5) is 27.9. The van der Waals surface area contributed by atoms with Crippen LogP contribution in [0.5, 0.6) is 0 Å². The molecule has 0 fully saturated rings. The highest BCUT2D eigenvalue weighted by Crippen LogP contribution is 2.32. The maximum absolute atomic E-state index is 14.2. The molecule has 0 bridgehead atoms. The second kappa shape index (κ2) is 10.1. The van der Waals surface area contributed by atoms with Crippen LogP contribution in [-0.2, 0) is 17.7 Å². The van der Waals surface area contributed by atoms with Gasteiger partial charge in [-0.05, 0) is 48.2 Å². The van der Waals surface area contributed by atoms with Gasteiger partial charge in [0.25, 0.3) is 0 Å². The molecule has 0 aliphatic carbocycles. The van der Waals surface area contributed by atoms with Gasteiger partial charge in [0.2, 0.25) is 0 Å². The zero-order valence-electron chi connectivity index (χ0n) is 18.9. The molecule has 0 aliphatic rings. The molecule has 0 saturated heterocycles. The Morgan fingerprint density at radius 3 is 2.63 bits per heavy atom. The smallest absolute Gasteiger partial charge is 0.359 e. The van der Waals surface area contributed by atoms with Crippen LogP contribution in [0.4, 0.5) is 10.2 Å². The van der Waals surface area contributed by atoms with E-state index in [4.69, 9.17) is 16.3 Å². The van der Waals surface area contributed by atoms with Crippen molar-refractivity contribution < 1.29 is 18.8 Å². The molecule has 11 heteroatoms. The van der Waals surface area contributed by atoms with Gasteiger partial charge in [-0.2, -0.15) is 5.10 Å². The van der Waals surface area contributed by atoms with E-state index in [1.54, 1.807) is 50.2 Å². The van der Waals surface area contributed by atoms with E-state index in [1.807, 2.05) is 0 Å². The van der Waals surface area contributed by atoms with Gasteiger partial charge in [0.05, 0.1) is 24.5 Å². The first kappa shape index (κ1) is 24.1. The fourth-order valence-corrected chi connectivity index (χ4v) is 3.98. The molecule has 0 N–H and O–H groups in total. The summed E-state index contributed by atoms with van der Waals surface area (Å²) in [6.07, 6.45) is 1.36. The Kier molecular flexibility index (Phi) is 6.92. The van der Waals surface area contributed by atoms with E-state index < -0.39 is 16.7 Å². The standard InChI is InChI=1S/C24H21ClFN5O4/c1-3-35-24(32)22-20(11-12-29-15(2)27-14-21(29)31(33)34)23(16-5-4-6-18(26)13-16)30(28-22)19-9-7-17(25)8-10-19/h4-10,13-14H,3,11-12H2,1-2H3. The van der Waals surface area contributed by atoms with Gasteiger partial charge in [-0.15, -0.1) is 0 Å². The second-order valence-corrected chi connectivity index (χ2v) is 8.05. The van der Waals surface area contributed by atoms with E-state index in [0.29, 0.717) is 33.4 Å². The van der Waals surface area contributed by atoms with Gasteiger partial charge in [0.15, 0.2) is 11.5 Å². The molecule has 35 heavy (non-hydrogen) atoms. The zero-order chi connectivity index (χ0) is 25.1. The minimum atomic E-state index is -0.648. The number of nitro groups is 1. The Bertz CT molecular complexity index is 1400. The number of hydrogen-bond acceptors (Lipinski definition) is 6. The number of carbonyl (C=O) groups excluding carboxylic acids is 1. The van der Waals surface area contributed by atoms with E-state index in [9.17, 15) is 19.3 Å². The molecule has 0 unspecified atom stereocenters. The summed E-state index contributed by atoms with van der Waals surface area (Å²) < 4.78 is 22.5. The Labute approximate surface area is 204 Å². The van der Waals surface area contributed by atoms with Crippen LogP contribution >= 0.6 is 11.6 Å². The average molecular weight is 498 g/mol. The Morgan fingerprint density at radius 2 is 1.97 bits per heavy atom. The maximum Gasteiger partial charge on any atom is 0.359 e. The first-order valence-corrected chi connectivity index (χ1v) is 11.1. The summed E-state index contributed by atoms with van der Waals surface area (Å²) >= 11 is 6.05. The topological polar surface area (TPSA) is 105 Å². The van der Waals surface area contributed by atoms with Crippen molar-refractivity contribution in [2.45, 2.75) is 26.8 Å². The monoisotopic (exact) mass is 497 g/mol. The summed E-state index contributed by atoms with van der Waals surface area (Å²) in [7, 11) is 0. The third-order valence-electron chi connectivity index (χ3n) is 5.43. The quantitative estimate of drug-likeness (QED) is 0.189. The summed E-state index contributed by atoms with van der Waals surface area (Å²) in [5.41, 5.74) is 2.05. The summed E-state index contributed by atoms with van der Waals surface area (Å²) in [5.74, 6) is -0.829. The zero-order valence-corrected chi connectivity index (χ0v) is 19.7. The molecule has 4 aromatic rings. The minimum Gasteiger partial charge on any atom is -0.461 e. The Morgan fingerprint density at radius 1 is 1.23 bits per heavy atom. The number of rotatable bonds is 8. The van der Waals surface area contributed by atoms with Gasteiger partial charge in [-0.1, -0.05) is 23.7 Å². The van der Waals surface area contributed by atoms with Gasteiger partial charge in [-0.25, -0.2) is 23.4 Å². The molecular weight excluding hydrogens is 477 g/mol. The lowest BCUT2D eigenvalue weighted by Gasteiger charge is -2.11. The number of esters is 1.